The molecule has 0 aromatic carbocycles. The van der Waals surface area contributed by atoms with E-state index in [-0.39, 0.29) is 29.2 Å². The molecule has 1 amide bonds. The summed E-state index contributed by atoms with van der Waals surface area (Å²) in [6, 6.07) is 3.67. The SMILES string of the molecule is C=CC(=O)N1CCC(N(C)c2nc(OC)nc3c(F)c(-c4nc(N)ccc4C4CC4)ncc23)C1. The fourth-order valence-electron chi connectivity index (χ4n) is 4.51. The summed E-state index contributed by atoms with van der Waals surface area (Å²) in [5.41, 5.74) is 7.52. The van der Waals surface area contributed by atoms with Gasteiger partial charge in [0.15, 0.2) is 5.82 Å². The summed E-state index contributed by atoms with van der Waals surface area (Å²) in [4.78, 5) is 33.3. The molecule has 1 aliphatic heterocycles. The van der Waals surface area contributed by atoms with Gasteiger partial charge in [0.1, 0.15) is 22.8 Å². The van der Waals surface area contributed by atoms with E-state index in [1.54, 1.807) is 17.2 Å². The van der Waals surface area contributed by atoms with Crippen LogP contribution >= 0.6 is 0 Å². The molecule has 34 heavy (non-hydrogen) atoms. The number of carbonyl (C=O) groups excluding carboxylic acids is 1. The van der Waals surface area contributed by atoms with Crippen molar-refractivity contribution in [2.24, 2.45) is 0 Å². The van der Waals surface area contributed by atoms with Crippen LogP contribution in [0.2, 0.25) is 0 Å². The van der Waals surface area contributed by atoms with Gasteiger partial charge in [-0.2, -0.15) is 9.97 Å². The van der Waals surface area contributed by atoms with Crippen LogP contribution in [0.15, 0.2) is 31.0 Å². The van der Waals surface area contributed by atoms with Crippen molar-refractivity contribution in [2.45, 2.75) is 31.2 Å². The third-order valence-electron chi connectivity index (χ3n) is 6.55. The summed E-state index contributed by atoms with van der Waals surface area (Å²) < 4.78 is 21.2. The van der Waals surface area contributed by atoms with Crippen molar-refractivity contribution < 1.29 is 13.9 Å². The van der Waals surface area contributed by atoms with E-state index in [1.165, 1.54) is 13.2 Å². The molecule has 0 radical (unpaired) electrons. The highest BCUT2D eigenvalue weighted by molar-refractivity contribution is 5.92. The molecule has 1 atom stereocenters. The van der Waals surface area contributed by atoms with Crippen molar-refractivity contribution in [3.05, 3.63) is 42.4 Å². The minimum Gasteiger partial charge on any atom is -0.467 e. The van der Waals surface area contributed by atoms with E-state index in [1.807, 2.05) is 18.0 Å². The maximum atomic E-state index is 15.9. The van der Waals surface area contributed by atoms with Crippen molar-refractivity contribution in [1.29, 1.82) is 0 Å². The molecule has 1 saturated carbocycles. The number of carbonyl (C=O) groups is 1. The fourth-order valence-corrected chi connectivity index (χ4v) is 4.51. The number of methoxy groups -OCH3 is 1. The van der Waals surface area contributed by atoms with Crippen molar-refractivity contribution >= 4 is 28.4 Å². The summed E-state index contributed by atoms with van der Waals surface area (Å²) in [6.07, 6.45) is 5.70. The molecule has 4 heterocycles. The number of likely N-dealkylation sites (tertiary alicyclic amines) is 1. The number of nitrogens with two attached hydrogens (primary N) is 1. The van der Waals surface area contributed by atoms with Gasteiger partial charge in [0.2, 0.25) is 5.91 Å². The van der Waals surface area contributed by atoms with Gasteiger partial charge in [0, 0.05) is 32.4 Å². The summed E-state index contributed by atoms with van der Waals surface area (Å²) in [7, 11) is 3.31. The van der Waals surface area contributed by atoms with Gasteiger partial charge in [0.05, 0.1) is 18.2 Å². The third kappa shape index (κ3) is 3.78. The summed E-state index contributed by atoms with van der Waals surface area (Å²) in [5, 5.41) is 0.454. The Morgan fingerprint density at radius 3 is 2.76 bits per heavy atom. The van der Waals surface area contributed by atoms with Crippen molar-refractivity contribution in [3.63, 3.8) is 0 Å². The Balaban J connectivity index is 1.59. The van der Waals surface area contributed by atoms with Crippen LogP contribution in [0, 0.1) is 5.82 Å². The lowest BCUT2D eigenvalue weighted by molar-refractivity contribution is -0.125. The minimum absolute atomic E-state index is 0.00787. The van der Waals surface area contributed by atoms with Crippen LogP contribution in [0.25, 0.3) is 22.3 Å². The highest BCUT2D eigenvalue weighted by Gasteiger charge is 2.32. The first-order chi connectivity index (χ1) is 16.4. The lowest BCUT2D eigenvalue weighted by Crippen LogP contribution is -2.36. The van der Waals surface area contributed by atoms with Gasteiger partial charge in [0.25, 0.3) is 0 Å². The Hall–Kier alpha value is -3.82. The lowest BCUT2D eigenvalue weighted by Gasteiger charge is -2.27. The second-order valence-corrected chi connectivity index (χ2v) is 8.71. The molecule has 9 nitrogen and oxygen atoms in total. The van der Waals surface area contributed by atoms with Gasteiger partial charge in [-0.05, 0) is 42.9 Å². The van der Waals surface area contributed by atoms with Crippen LogP contribution in [0.1, 0.15) is 30.7 Å². The highest BCUT2D eigenvalue weighted by atomic mass is 19.1. The Morgan fingerprint density at radius 1 is 1.26 bits per heavy atom. The van der Waals surface area contributed by atoms with Crippen molar-refractivity contribution in [2.75, 3.05) is 37.9 Å². The smallest absolute Gasteiger partial charge is 0.318 e. The number of nitrogens with zero attached hydrogens (tertiary/aromatic N) is 6. The topological polar surface area (TPSA) is 110 Å². The van der Waals surface area contributed by atoms with Crippen LogP contribution in [0.5, 0.6) is 6.01 Å². The predicted octanol–water partition coefficient (Wildman–Crippen LogP) is 2.92. The Kier molecular flexibility index (Phi) is 5.51. The highest BCUT2D eigenvalue weighted by Crippen LogP contribution is 2.44. The average Bonchev–Trinajstić information content (AvgIpc) is 3.58. The van der Waals surface area contributed by atoms with Crippen molar-refractivity contribution in [3.8, 4) is 17.4 Å². The number of aromatic nitrogens is 4. The zero-order chi connectivity index (χ0) is 24.0. The van der Waals surface area contributed by atoms with E-state index in [4.69, 9.17) is 10.5 Å². The maximum absolute atomic E-state index is 15.9. The number of hydrogen-bond acceptors (Lipinski definition) is 8. The molecule has 10 heteroatoms. The number of ether oxygens (including phenoxy) is 1. The molecule has 2 N–H and O–H groups in total. The normalized spacial score (nSPS) is 17.7. The van der Waals surface area contributed by atoms with E-state index in [2.05, 4.69) is 26.5 Å². The predicted molar refractivity (Wildman–Crippen MR) is 127 cm³/mol. The van der Waals surface area contributed by atoms with Crippen LogP contribution in [-0.2, 0) is 4.79 Å². The second kappa shape index (κ2) is 8.51. The van der Waals surface area contributed by atoms with Crippen molar-refractivity contribution in [1.82, 2.24) is 24.8 Å². The first kappa shape index (κ1) is 22.0. The number of hydrogen-bond donors (Lipinski definition) is 1. The number of fused-ring (bicyclic) bond motifs is 1. The number of anilines is 2. The van der Waals surface area contributed by atoms with Gasteiger partial charge >= 0.3 is 6.01 Å². The lowest BCUT2D eigenvalue weighted by atomic mass is 10.0. The molecule has 0 bridgehead atoms. The molecule has 0 spiro atoms. The zero-order valence-electron chi connectivity index (χ0n) is 19.2. The number of likely N-dealkylation sites (N-methyl/N-ethyl adjacent to an activating group) is 1. The molecule has 1 unspecified atom stereocenters. The minimum atomic E-state index is -0.595. The number of halogens is 1. The van der Waals surface area contributed by atoms with E-state index in [9.17, 15) is 4.79 Å². The van der Waals surface area contributed by atoms with Gasteiger partial charge < -0.3 is 20.3 Å². The summed E-state index contributed by atoms with van der Waals surface area (Å²) in [5.74, 6) is 0.425. The molecule has 2 fully saturated rings. The number of amides is 1. The Labute approximate surface area is 196 Å². The molecular formula is C24H26FN7O2. The standard InChI is InChI=1S/C24H26FN7O2/c1-4-18(33)32-10-9-14(12-32)31(2)23-16-11-27-22(19(25)20(16)29-24(30-23)34-3)21-15(13-5-6-13)7-8-17(26)28-21/h4,7-8,11,13-14H,1,5-6,9-10,12H2,2-3H3,(H2,26,28). The largest absolute Gasteiger partial charge is 0.467 e. The monoisotopic (exact) mass is 463 g/mol. The fraction of sp³-hybridized carbons (Fsp3) is 0.375. The van der Waals surface area contributed by atoms with E-state index >= 15 is 4.39 Å². The second-order valence-electron chi connectivity index (χ2n) is 8.71. The zero-order valence-corrected chi connectivity index (χ0v) is 19.2. The van der Waals surface area contributed by atoms with E-state index in [0.29, 0.717) is 41.7 Å². The molecule has 2 aliphatic rings. The van der Waals surface area contributed by atoms with Gasteiger partial charge in [-0.25, -0.2) is 9.37 Å². The van der Waals surface area contributed by atoms with E-state index < -0.39 is 5.82 Å². The molecule has 176 valence electrons. The van der Waals surface area contributed by atoms with Crippen LogP contribution < -0.4 is 15.4 Å². The van der Waals surface area contributed by atoms with Gasteiger partial charge in [-0.1, -0.05) is 12.6 Å². The summed E-state index contributed by atoms with van der Waals surface area (Å²) in [6.45, 7) is 4.69. The molecule has 1 aliphatic carbocycles. The molecule has 5 rings (SSSR count). The molecule has 3 aromatic rings. The first-order valence-corrected chi connectivity index (χ1v) is 11.2. The number of pyridine rings is 2. The summed E-state index contributed by atoms with van der Waals surface area (Å²) >= 11 is 0. The van der Waals surface area contributed by atoms with E-state index in [0.717, 1.165) is 24.8 Å². The quantitative estimate of drug-likeness (QED) is 0.556. The third-order valence-corrected chi connectivity index (χ3v) is 6.55. The number of nitrogen functional groups attached to an aromatic ring is 1. The van der Waals surface area contributed by atoms with Gasteiger partial charge in [-0.3, -0.25) is 9.78 Å². The molecule has 3 aromatic heterocycles. The van der Waals surface area contributed by atoms with Crippen LogP contribution in [0.3, 0.4) is 0 Å². The Bertz CT molecular complexity index is 1290. The van der Waals surface area contributed by atoms with Crippen LogP contribution in [-0.4, -0.2) is 64.0 Å². The van der Waals surface area contributed by atoms with Gasteiger partial charge in [-0.15, -0.1) is 0 Å². The van der Waals surface area contributed by atoms with Crippen LogP contribution in [0.4, 0.5) is 16.0 Å². The maximum Gasteiger partial charge on any atom is 0.318 e. The Morgan fingerprint density at radius 2 is 2.06 bits per heavy atom. The first-order valence-electron chi connectivity index (χ1n) is 11.2. The molecular weight excluding hydrogens is 437 g/mol. The number of rotatable bonds is 6. The average molecular weight is 464 g/mol. The molecule has 1 saturated heterocycles.